The van der Waals surface area contributed by atoms with E-state index >= 15 is 0 Å². The van der Waals surface area contributed by atoms with Gasteiger partial charge in [-0.1, -0.05) is 19.9 Å². The second-order valence-electron chi connectivity index (χ2n) is 13.5. The van der Waals surface area contributed by atoms with Gasteiger partial charge in [0.05, 0.1) is 35.4 Å². The van der Waals surface area contributed by atoms with Crippen molar-refractivity contribution in [3.05, 3.63) is 93.3 Å². The first kappa shape index (κ1) is 38.5. The molecule has 1 saturated heterocycles. The Morgan fingerprint density at radius 1 is 0.923 bits per heavy atom. The minimum Gasteiger partial charge on any atom is -0.496 e. The molecule has 2 atom stereocenters. The maximum atomic E-state index is 14.7. The molecule has 1 unspecified atom stereocenters. The number of rotatable bonds is 7. The molecule has 0 bridgehead atoms. The van der Waals surface area contributed by atoms with Crippen LogP contribution < -0.4 is 4.74 Å². The molecule has 6 nitrogen and oxygen atoms in total. The van der Waals surface area contributed by atoms with E-state index in [-0.39, 0.29) is 42.3 Å². The zero-order valence-corrected chi connectivity index (χ0v) is 27.9. The molecule has 0 saturated carbocycles. The molecule has 0 radical (unpaired) electrons. The van der Waals surface area contributed by atoms with Gasteiger partial charge in [0.15, 0.2) is 0 Å². The van der Waals surface area contributed by atoms with Crippen LogP contribution in [0, 0.1) is 11.2 Å². The van der Waals surface area contributed by atoms with Crippen molar-refractivity contribution in [1.29, 1.82) is 0 Å². The van der Waals surface area contributed by atoms with Crippen LogP contribution in [-0.2, 0) is 23.3 Å². The zero-order chi connectivity index (χ0) is 38.7. The SMILES string of the molecule is COc1cc(C(F)(F)F)c(-c2ccc(C(=O)O)c(F)c2)cc1C1=C(CN2C(=O)O[C@H](c3cc(C(F)(F)F)cc(C(F)(F)F)c3)C2C)CC(C)(C)CC1. The topological polar surface area (TPSA) is 76.1 Å². The van der Waals surface area contributed by atoms with Crippen molar-refractivity contribution < 1.29 is 68.1 Å². The number of carboxylic acid groups (broad SMARTS) is 1. The Hall–Kier alpha value is -4.76. The minimum absolute atomic E-state index is 0.0372. The van der Waals surface area contributed by atoms with Gasteiger partial charge in [-0.05, 0) is 102 Å². The first-order valence-corrected chi connectivity index (χ1v) is 15.7. The smallest absolute Gasteiger partial charge is 0.417 e. The van der Waals surface area contributed by atoms with E-state index in [4.69, 9.17) is 9.47 Å². The first-order chi connectivity index (χ1) is 23.9. The molecule has 0 spiro atoms. The van der Waals surface area contributed by atoms with Crippen molar-refractivity contribution in [2.75, 3.05) is 13.7 Å². The van der Waals surface area contributed by atoms with Gasteiger partial charge in [0.2, 0.25) is 0 Å². The molecule has 3 aromatic rings. The molecule has 2 aliphatic rings. The number of carbonyl (C=O) groups is 2. The molecule has 280 valence electrons. The Balaban J connectivity index is 1.62. The van der Waals surface area contributed by atoms with Crippen molar-refractivity contribution in [3.63, 3.8) is 0 Å². The van der Waals surface area contributed by atoms with Crippen LogP contribution in [0.1, 0.15) is 84.3 Å². The highest BCUT2D eigenvalue weighted by atomic mass is 19.4. The molecule has 1 amide bonds. The second-order valence-corrected chi connectivity index (χ2v) is 13.5. The van der Waals surface area contributed by atoms with Gasteiger partial charge in [-0.2, -0.15) is 39.5 Å². The van der Waals surface area contributed by atoms with Gasteiger partial charge in [-0.3, -0.25) is 4.90 Å². The summed E-state index contributed by atoms with van der Waals surface area (Å²) in [5.74, 6) is -3.11. The summed E-state index contributed by atoms with van der Waals surface area (Å²) in [5.41, 5.74) is -5.71. The van der Waals surface area contributed by atoms with Crippen LogP contribution in [0.3, 0.4) is 0 Å². The predicted molar refractivity (Wildman–Crippen MR) is 167 cm³/mol. The number of amides is 1. The Kier molecular flexibility index (Phi) is 9.87. The molecular weight excluding hydrogens is 716 g/mol. The number of alkyl halides is 9. The lowest BCUT2D eigenvalue weighted by Crippen LogP contribution is -2.35. The van der Waals surface area contributed by atoms with Gasteiger partial charge < -0.3 is 14.6 Å². The van der Waals surface area contributed by atoms with Gasteiger partial charge in [0.25, 0.3) is 0 Å². The molecule has 16 heteroatoms. The Morgan fingerprint density at radius 2 is 1.54 bits per heavy atom. The summed E-state index contributed by atoms with van der Waals surface area (Å²) in [5, 5.41) is 9.22. The highest BCUT2D eigenvalue weighted by Crippen LogP contribution is 2.49. The average Bonchev–Trinajstić information content (AvgIpc) is 3.30. The quantitative estimate of drug-likeness (QED) is 0.244. The van der Waals surface area contributed by atoms with E-state index in [2.05, 4.69) is 0 Å². The second kappa shape index (κ2) is 13.3. The first-order valence-electron chi connectivity index (χ1n) is 15.7. The number of hydrogen-bond acceptors (Lipinski definition) is 4. The predicted octanol–water partition coefficient (Wildman–Crippen LogP) is 10.8. The number of methoxy groups -OCH3 is 1. The van der Waals surface area contributed by atoms with E-state index < -0.39 is 87.4 Å². The number of hydrogen-bond donors (Lipinski definition) is 1. The summed E-state index contributed by atoms with van der Waals surface area (Å²) in [7, 11) is 1.14. The number of nitrogens with zero attached hydrogens (tertiary/aromatic N) is 1. The summed E-state index contributed by atoms with van der Waals surface area (Å²) in [6.07, 6.45) is -16.8. The Morgan fingerprint density at radius 3 is 2.06 bits per heavy atom. The normalized spacial score (nSPS) is 19.6. The Labute approximate surface area is 290 Å². The van der Waals surface area contributed by atoms with E-state index in [1.165, 1.54) is 6.92 Å². The standard InChI is InChI=1S/C36H31F10NO5/c1-17-30(19-9-21(34(38,39)40)12-22(10-19)35(41,42)43)52-32(50)47(17)16-20-15-33(2,3)8-7-23(20)26-13-25(27(36(44,45)46)14-29(26)51-4)18-5-6-24(31(48)49)28(37)11-18/h5-6,9-14,17,30H,7-8,15-16H2,1-4H3,(H,48,49)/t17?,30-/m0/s1. The largest absolute Gasteiger partial charge is 0.496 e. The molecular formula is C36H31F10NO5. The van der Waals surface area contributed by atoms with Crippen molar-refractivity contribution in [3.8, 4) is 16.9 Å². The summed E-state index contributed by atoms with van der Waals surface area (Å²) < 4.78 is 150. The third-order valence-corrected chi connectivity index (χ3v) is 9.34. The summed E-state index contributed by atoms with van der Waals surface area (Å²) in [6, 6.07) is 4.26. The van der Waals surface area contributed by atoms with Crippen LogP contribution in [0.5, 0.6) is 5.75 Å². The maximum Gasteiger partial charge on any atom is 0.417 e. The fraction of sp³-hybridized carbons (Fsp3) is 0.389. The molecule has 1 aliphatic heterocycles. The zero-order valence-electron chi connectivity index (χ0n) is 27.9. The average molecular weight is 748 g/mol. The van der Waals surface area contributed by atoms with E-state index in [0.29, 0.717) is 35.8 Å². The lowest BCUT2D eigenvalue weighted by atomic mass is 9.72. The number of cyclic esters (lactones) is 1. The van der Waals surface area contributed by atoms with E-state index in [0.717, 1.165) is 36.3 Å². The van der Waals surface area contributed by atoms with Crippen LogP contribution in [-0.4, -0.2) is 41.8 Å². The third kappa shape index (κ3) is 7.70. The van der Waals surface area contributed by atoms with Crippen molar-refractivity contribution in [1.82, 2.24) is 4.90 Å². The van der Waals surface area contributed by atoms with Gasteiger partial charge in [0.1, 0.15) is 17.7 Å². The van der Waals surface area contributed by atoms with Crippen LogP contribution in [0.2, 0.25) is 0 Å². The molecule has 3 aromatic carbocycles. The van der Waals surface area contributed by atoms with Crippen LogP contribution >= 0.6 is 0 Å². The van der Waals surface area contributed by atoms with Crippen LogP contribution in [0.4, 0.5) is 48.7 Å². The number of benzene rings is 3. The lowest BCUT2D eigenvalue weighted by molar-refractivity contribution is -0.143. The van der Waals surface area contributed by atoms with Gasteiger partial charge in [-0.25, -0.2) is 14.0 Å². The highest BCUT2D eigenvalue weighted by Gasteiger charge is 2.44. The van der Waals surface area contributed by atoms with Crippen molar-refractivity contribution in [2.24, 2.45) is 5.41 Å². The fourth-order valence-electron chi connectivity index (χ4n) is 6.71. The van der Waals surface area contributed by atoms with Gasteiger partial charge in [0, 0.05) is 12.1 Å². The van der Waals surface area contributed by atoms with Crippen LogP contribution in [0.25, 0.3) is 16.7 Å². The van der Waals surface area contributed by atoms with Crippen LogP contribution in [0.15, 0.2) is 54.1 Å². The third-order valence-electron chi connectivity index (χ3n) is 9.34. The fourth-order valence-corrected chi connectivity index (χ4v) is 6.71. The number of halogens is 10. The molecule has 1 fully saturated rings. The molecule has 1 heterocycles. The number of carbonyl (C=O) groups excluding carboxylic acids is 1. The lowest BCUT2D eigenvalue weighted by Gasteiger charge is -2.36. The molecule has 5 rings (SSSR count). The van der Waals surface area contributed by atoms with Crippen molar-refractivity contribution in [2.45, 2.75) is 70.7 Å². The number of aromatic carboxylic acids is 1. The van der Waals surface area contributed by atoms with E-state index in [1.807, 2.05) is 13.8 Å². The van der Waals surface area contributed by atoms with Gasteiger partial charge in [-0.15, -0.1) is 0 Å². The van der Waals surface area contributed by atoms with E-state index in [9.17, 15) is 58.6 Å². The molecule has 1 N–H and O–H groups in total. The number of ether oxygens (including phenoxy) is 2. The molecule has 0 aromatic heterocycles. The summed E-state index contributed by atoms with van der Waals surface area (Å²) >= 11 is 0. The summed E-state index contributed by atoms with van der Waals surface area (Å²) in [4.78, 5) is 25.7. The minimum atomic E-state index is -5.14. The van der Waals surface area contributed by atoms with E-state index in [1.54, 1.807) is 0 Å². The molecule has 52 heavy (non-hydrogen) atoms. The summed E-state index contributed by atoms with van der Waals surface area (Å²) in [6.45, 7) is 4.95. The monoisotopic (exact) mass is 747 g/mol. The van der Waals surface area contributed by atoms with Gasteiger partial charge >= 0.3 is 30.6 Å². The van der Waals surface area contributed by atoms with Crippen molar-refractivity contribution >= 4 is 17.6 Å². The number of carboxylic acids is 1. The highest BCUT2D eigenvalue weighted by molar-refractivity contribution is 5.89. The molecule has 1 aliphatic carbocycles. The maximum absolute atomic E-state index is 14.7. The Bertz CT molecular complexity index is 1910. The number of allylic oxidation sites excluding steroid dienone is 1.